The van der Waals surface area contributed by atoms with Gasteiger partial charge in [-0.1, -0.05) is 18.2 Å². The van der Waals surface area contributed by atoms with Crippen molar-refractivity contribution in [1.29, 1.82) is 0 Å². The molecule has 0 aliphatic carbocycles. The van der Waals surface area contributed by atoms with Crippen molar-refractivity contribution < 1.29 is 13.2 Å². The number of thiol groups is 1. The van der Waals surface area contributed by atoms with E-state index in [4.69, 9.17) is 9.84 Å². The van der Waals surface area contributed by atoms with Crippen molar-refractivity contribution in [3.8, 4) is 11.3 Å². The molecule has 0 radical (unpaired) electrons. The number of rotatable bonds is 7. The highest BCUT2D eigenvalue weighted by Crippen LogP contribution is 2.25. The van der Waals surface area contributed by atoms with Crippen molar-refractivity contribution in [2.24, 2.45) is 0 Å². The molecule has 2 aromatic heterocycles. The highest BCUT2D eigenvalue weighted by Gasteiger charge is 2.12. The first-order valence-corrected chi connectivity index (χ1v) is 12.2. The van der Waals surface area contributed by atoms with Crippen LogP contribution in [0.5, 0.6) is 0 Å². The predicted octanol–water partition coefficient (Wildman–Crippen LogP) is 2.93. The number of ether oxygens (including phenoxy) is 1. The molecule has 0 bridgehead atoms. The smallest absolute Gasteiger partial charge is 0.245 e. The van der Waals surface area contributed by atoms with E-state index in [-0.39, 0.29) is 0 Å². The highest BCUT2D eigenvalue weighted by atomic mass is 32.2. The number of hydrogen-bond donors (Lipinski definition) is 2. The van der Waals surface area contributed by atoms with Crippen molar-refractivity contribution in [3.63, 3.8) is 0 Å². The Hall–Kier alpha value is -3.47. The second kappa shape index (κ2) is 9.80. The minimum atomic E-state index is -2.61. The molecule has 0 saturated carbocycles. The number of nitrogens with one attached hydrogen (secondary N) is 1. The van der Waals surface area contributed by atoms with E-state index in [1.165, 1.54) is 9.99 Å². The minimum Gasteiger partial charge on any atom is -0.378 e. The highest BCUT2D eigenvalue weighted by molar-refractivity contribution is 7.69. The summed E-state index contributed by atoms with van der Waals surface area (Å²) >= 11 is 0. The van der Waals surface area contributed by atoms with Gasteiger partial charge in [-0.2, -0.15) is 0 Å². The van der Waals surface area contributed by atoms with Crippen LogP contribution in [0.1, 0.15) is 5.56 Å². The summed E-state index contributed by atoms with van der Waals surface area (Å²) in [6.45, 7) is 3.63. The first-order chi connectivity index (χ1) is 16.6. The Morgan fingerprint density at radius 1 is 1.06 bits per heavy atom. The third kappa shape index (κ3) is 4.89. The second-order valence-corrected chi connectivity index (χ2v) is 9.32. The molecule has 34 heavy (non-hydrogen) atoms. The lowest BCUT2D eigenvalue weighted by molar-refractivity contribution is 0.122. The lowest BCUT2D eigenvalue weighted by atomic mass is 10.1. The largest absolute Gasteiger partial charge is 0.378 e. The van der Waals surface area contributed by atoms with E-state index >= 15 is 0 Å². The molecule has 10 heteroatoms. The first-order valence-electron chi connectivity index (χ1n) is 11.1. The fourth-order valence-electron chi connectivity index (χ4n) is 4.03. The van der Waals surface area contributed by atoms with Crippen LogP contribution in [0.4, 0.5) is 17.3 Å². The van der Waals surface area contributed by atoms with Crippen LogP contribution in [0.15, 0.2) is 66.9 Å². The summed E-state index contributed by atoms with van der Waals surface area (Å²) < 4.78 is 31.0. The van der Waals surface area contributed by atoms with E-state index in [0.717, 1.165) is 54.3 Å². The molecular weight excluding hydrogens is 452 g/mol. The third-order valence-electron chi connectivity index (χ3n) is 5.81. The maximum atomic E-state index is 11.2. The van der Waals surface area contributed by atoms with E-state index in [1.807, 2.05) is 53.0 Å². The fraction of sp³-hybridized carbons (Fsp3) is 0.250. The summed E-state index contributed by atoms with van der Waals surface area (Å²) in [4.78, 5) is 6.76. The van der Waals surface area contributed by atoms with Gasteiger partial charge in [0.05, 0.1) is 30.6 Å². The average Bonchev–Trinajstić information content (AvgIpc) is 3.28. The molecule has 2 aromatic carbocycles. The van der Waals surface area contributed by atoms with Gasteiger partial charge in [0.15, 0.2) is 0 Å². The van der Waals surface area contributed by atoms with Crippen LogP contribution in [0, 0.1) is 0 Å². The average molecular weight is 479 g/mol. The Bertz CT molecular complexity index is 1350. The lowest BCUT2D eigenvalue weighted by Gasteiger charge is -2.28. The van der Waals surface area contributed by atoms with E-state index in [0.29, 0.717) is 12.5 Å². The molecule has 0 amide bonds. The maximum absolute atomic E-state index is 11.2. The zero-order chi connectivity index (χ0) is 23.5. The number of benzene rings is 2. The van der Waals surface area contributed by atoms with Gasteiger partial charge >= 0.3 is 0 Å². The quantitative estimate of drug-likeness (QED) is 0.395. The van der Waals surface area contributed by atoms with Crippen LogP contribution in [0.25, 0.3) is 16.8 Å². The van der Waals surface area contributed by atoms with E-state index in [2.05, 4.69) is 27.3 Å². The normalized spacial score (nSPS) is 14.3. The monoisotopic (exact) mass is 478 g/mol. The molecule has 4 aromatic rings. The molecule has 9 nitrogen and oxygen atoms in total. The van der Waals surface area contributed by atoms with Crippen LogP contribution < -0.4 is 10.2 Å². The lowest BCUT2D eigenvalue weighted by Crippen LogP contribution is -2.36. The zero-order valence-electron chi connectivity index (χ0n) is 18.8. The zero-order valence-corrected chi connectivity index (χ0v) is 19.7. The summed E-state index contributed by atoms with van der Waals surface area (Å²) in [7, 11) is -1.05. The minimum absolute atomic E-state index is 0.318. The molecule has 1 N–H and O–H groups in total. The van der Waals surface area contributed by atoms with Crippen molar-refractivity contribution in [2.75, 3.05) is 43.6 Å². The first kappa shape index (κ1) is 22.3. The van der Waals surface area contributed by atoms with E-state index < -0.39 is 10.9 Å². The molecule has 0 atom stereocenters. The molecule has 176 valence electrons. The Labute approximate surface area is 199 Å². The molecule has 3 heterocycles. The second-order valence-electron chi connectivity index (χ2n) is 8.16. The van der Waals surface area contributed by atoms with Gasteiger partial charge in [0, 0.05) is 43.6 Å². The SMILES string of the molecule is CN(Cc1cccc(-c2ccc3cnc(Nc4ccc(N5CCOCC5)cc4)nn23)c1)[SH](=O)=O. The number of anilines is 3. The number of aromatic nitrogens is 3. The standard InChI is InChI=1S/C24H26N6O3S/c1-28(34(31)32)17-18-3-2-4-19(15-18)23-10-9-22-16-25-24(27-30(22)23)26-20-5-7-21(8-6-20)29-11-13-33-14-12-29/h2-10,15-16,34H,11-14,17H2,1H3,(H,26,27). The number of hydrogen-bond acceptors (Lipinski definition) is 7. The number of nitrogens with zero attached hydrogens (tertiary/aromatic N) is 5. The fourth-order valence-corrected chi connectivity index (χ4v) is 4.31. The molecule has 5 rings (SSSR count). The van der Waals surface area contributed by atoms with Crippen molar-refractivity contribution >= 4 is 33.7 Å². The third-order valence-corrected chi connectivity index (χ3v) is 6.51. The van der Waals surface area contributed by atoms with Crippen LogP contribution in [0.3, 0.4) is 0 Å². The van der Waals surface area contributed by atoms with Gasteiger partial charge in [-0.05, 0) is 48.0 Å². The number of morpholine rings is 1. The Morgan fingerprint density at radius 2 is 1.85 bits per heavy atom. The molecular formula is C24H26N6O3S. The van der Waals surface area contributed by atoms with Crippen molar-refractivity contribution in [3.05, 3.63) is 72.4 Å². The molecule has 1 aliphatic rings. The molecule has 0 spiro atoms. The molecule has 1 fully saturated rings. The summed E-state index contributed by atoms with van der Waals surface area (Å²) in [5.74, 6) is 0.489. The van der Waals surface area contributed by atoms with Gasteiger partial charge in [0.2, 0.25) is 16.8 Å². The molecule has 0 unspecified atom stereocenters. The van der Waals surface area contributed by atoms with Crippen molar-refractivity contribution in [1.82, 2.24) is 18.9 Å². The Balaban J connectivity index is 1.37. The summed E-state index contributed by atoms with van der Waals surface area (Å²) in [6.07, 6.45) is 1.78. The number of fused-ring (bicyclic) bond motifs is 1. The Morgan fingerprint density at radius 3 is 2.62 bits per heavy atom. The van der Waals surface area contributed by atoms with Gasteiger partial charge < -0.3 is 15.0 Å². The van der Waals surface area contributed by atoms with Crippen LogP contribution in [-0.4, -0.2) is 60.7 Å². The maximum Gasteiger partial charge on any atom is 0.245 e. The summed E-state index contributed by atoms with van der Waals surface area (Å²) in [5.41, 5.74) is 5.70. The predicted molar refractivity (Wildman–Crippen MR) is 133 cm³/mol. The summed E-state index contributed by atoms with van der Waals surface area (Å²) in [5, 5.41) is 7.98. The van der Waals surface area contributed by atoms with Gasteiger partial charge in [-0.15, -0.1) is 5.10 Å². The van der Waals surface area contributed by atoms with E-state index in [1.54, 1.807) is 13.2 Å². The van der Waals surface area contributed by atoms with Gasteiger partial charge in [-0.25, -0.2) is 22.2 Å². The van der Waals surface area contributed by atoms with Crippen LogP contribution in [-0.2, 0) is 22.2 Å². The van der Waals surface area contributed by atoms with Gasteiger partial charge in [0.25, 0.3) is 0 Å². The summed E-state index contributed by atoms with van der Waals surface area (Å²) in [6, 6.07) is 20.0. The van der Waals surface area contributed by atoms with E-state index in [9.17, 15) is 8.42 Å². The Kier molecular flexibility index (Phi) is 6.43. The topological polar surface area (TPSA) is 92.1 Å². The molecule has 1 saturated heterocycles. The molecule has 1 aliphatic heterocycles. The van der Waals surface area contributed by atoms with Crippen LogP contribution in [0.2, 0.25) is 0 Å². The van der Waals surface area contributed by atoms with Crippen LogP contribution >= 0.6 is 0 Å². The van der Waals surface area contributed by atoms with Gasteiger partial charge in [0.1, 0.15) is 0 Å². The van der Waals surface area contributed by atoms with Gasteiger partial charge in [-0.3, -0.25) is 0 Å². The van der Waals surface area contributed by atoms with Crippen molar-refractivity contribution in [2.45, 2.75) is 6.54 Å².